The Morgan fingerprint density at radius 1 is 1.62 bits per heavy atom. The van der Waals surface area contributed by atoms with Crippen LogP contribution in [0.3, 0.4) is 0 Å². The third kappa shape index (κ3) is 3.29. The van der Waals surface area contributed by atoms with Crippen LogP contribution in [0.5, 0.6) is 0 Å². The molecule has 7 nitrogen and oxygen atoms in total. The van der Waals surface area contributed by atoms with E-state index in [4.69, 9.17) is 10.00 Å². The fourth-order valence-electron chi connectivity index (χ4n) is 2.54. The molecule has 0 aromatic heterocycles. The molecule has 0 aromatic rings. The zero-order valence-electron chi connectivity index (χ0n) is 11.8. The largest absolute Gasteiger partial charge is 0.454 e. The highest BCUT2D eigenvalue weighted by atomic mass is 32.2. The molecule has 0 radical (unpaired) electrons. The first-order valence-electron chi connectivity index (χ1n) is 6.74. The predicted octanol–water partition coefficient (Wildman–Crippen LogP) is 0.0135. The molecule has 2 aliphatic rings. The quantitative estimate of drug-likeness (QED) is 0.567. The summed E-state index contributed by atoms with van der Waals surface area (Å²) in [6.45, 7) is 1.80. The van der Waals surface area contributed by atoms with E-state index in [0.717, 1.165) is 6.42 Å². The van der Waals surface area contributed by atoms with Crippen LogP contribution in [0, 0.1) is 11.3 Å². The molecular weight excluding hydrogens is 294 g/mol. The van der Waals surface area contributed by atoms with E-state index in [1.165, 1.54) is 0 Å². The van der Waals surface area contributed by atoms with Crippen LogP contribution >= 0.6 is 11.8 Å². The number of hydrogen-bond donors (Lipinski definition) is 1. The van der Waals surface area contributed by atoms with E-state index >= 15 is 0 Å². The average Bonchev–Trinajstić information content (AvgIpc) is 2.94. The summed E-state index contributed by atoms with van der Waals surface area (Å²) >= 11 is 1.57. The van der Waals surface area contributed by atoms with Crippen molar-refractivity contribution in [3.8, 4) is 6.07 Å². The predicted molar refractivity (Wildman–Crippen MR) is 74.9 cm³/mol. The standard InChI is InChI=1S/C13H17N3O4S/c1-13-4-3-11(18)16(13)9(8-21-13)12(19)20-7-10(17)15-6-2-5-14/h9H,2-4,6-8H2,1H3,(H,15,17)/t9-,13-/m1/s1. The zero-order valence-corrected chi connectivity index (χ0v) is 12.6. The molecule has 8 heteroatoms. The molecule has 0 bridgehead atoms. The Morgan fingerprint density at radius 3 is 3.10 bits per heavy atom. The molecule has 2 atom stereocenters. The molecule has 2 aliphatic heterocycles. The van der Waals surface area contributed by atoms with Gasteiger partial charge in [0.15, 0.2) is 6.61 Å². The summed E-state index contributed by atoms with van der Waals surface area (Å²) < 4.78 is 4.98. The zero-order chi connectivity index (χ0) is 15.5. The van der Waals surface area contributed by atoms with Crippen LogP contribution in [-0.2, 0) is 19.1 Å². The monoisotopic (exact) mass is 311 g/mol. The summed E-state index contributed by atoms with van der Waals surface area (Å²) in [4.78, 5) is 36.6. The van der Waals surface area contributed by atoms with Gasteiger partial charge < -0.3 is 15.0 Å². The first-order chi connectivity index (χ1) is 9.98. The van der Waals surface area contributed by atoms with Crippen LogP contribution < -0.4 is 5.32 Å². The first-order valence-corrected chi connectivity index (χ1v) is 7.73. The summed E-state index contributed by atoms with van der Waals surface area (Å²) in [5.41, 5.74) is 0. The number of ether oxygens (including phenoxy) is 1. The van der Waals surface area contributed by atoms with Gasteiger partial charge in [0.2, 0.25) is 5.91 Å². The lowest BCUT2D eigenvalue weighted by Crippen LogP contribution is -2.47. The van der Waals surface area contributed by atoms with Crippen LogP contribution in [0.15, 0.2) is 0 Å². The molecule has 2 fully saturated rings. The Balaban J connectivity index is 1.83. The number of thioether (sulfide) groups is 1. The van der Waals surface area contributed by atoms with E-state index in [1.807, 2.05) is 13.0 Å². The van der Waals surface area contributed by atoms with Gasteiger partial charge in [-0.25, -0.2) is 4.79 Å². The normalized spacial score (nSPS) is 27.1. The number of nitrogens with zero attached hydrogens (tertiary/aromatic N) is 2. The van der Waals surface area contributed by atoms with E-state index in [-0.39, 0.29) is 30.4 Å². The van der Waals surface area contributed by atoms with Crippen molar-refractivity contribution >= 4 is 29.5 Å². The number of nitriles is 1. The molecule has 21 heavy (non-hydrogen) atoms. The number of nitrogens with one attached hydrogen (secondary N) is 1. The van der Waals surface area contributed by atoms with Crippen molar-refractivity contribution in [1.82, 2.24) is 10.2 Å². The van der Waals surface area contributed by atoms with Gasteiger partial charge in [-0.15, -0.1) is 11.8 Å². The second-order valence-corrected chi connectivity index (χ2v) is 6.63. The number of rotatable bonds is 5. The highest BCUT2D eigenvalue weighted by molar-refractivity contribution is 8.01. The molecule has 0 saturated carbocycles. The molecule has 1 N–H and O–H groups in total. The van der Waals surface area contributed by atoms with Crippen LogP contribution in [0.4, 0.5) is 0 Å². The van der Waals surface area contributed by atoms with Gasteiger partial charge in [-0.1, -0.05) is 0 Å². The van der Waals surface area contributed by atoms with Crippen LogP contribution in [0.2, 0.25) is 0 Å². The van der Waals surface area contributed by atoms with Crippen molar-refractivity contribution in [2.24, 2.45) is 0 Å². The van der Waals surface area contributed by atoms with Crippen molar-refractivity contribution in [1.29, 1.82) is 5.26 Å². The number of carbonyl (C=O) groups excluding carboxylic acids is 3. The minimum Gasteiger partial charge on any atom is -0.454 e. The molecule has 0 aromatic carbocycles. The Morgan fingerprint density at radius 2 is 2.38 bits per heavy atom. The summed E-state index contributed by atoms with van der Waals surface area (Å²) in [5.74, 6) is -0.531. The van der Waals surface area contributed by atoms with Crippen LogP contribution in [0.25, 0.3) is 0 Å². The fourth-order valence-corrected chi connectivity index (χ4v) is 3.95. The van der Waals surface area contributed by atoms with Gasteiger partial charge in [-0.05, 0) is 13.3 Å². The Hall–Kier alpha value is -1.75. The Bertz CT molecular complexity index is 504. The van der Waals surface area contributed by atoms with E-state index in [9.17, 15) is 14.4 Å². The van der Waals surface area contributed by atoms with Crippen molar-refractivity contribution < 1.29 is 19.1 Å². The first kappa shape index (κ1) is 15.6. The van der Waals surface area contributed by atoms with Gasteiger partial charge >= 0.3 is 5.97 Å². The molecule has 2 amide bonds. The number of carbonyl (C=O) groups is 3. The van der Waals surface area contributed by atoms with Crippen molar-refractivity contribution in [2.45, 2.75) is 37.1 Å². The topological polar surface area (TPSA) is 99.5 Å². The van der Waals surface area contributed by atoms with Crippen molar-refractivity contribution in [2.75, 3.05) is 18.9 Å². The average molecular weight is 311 g/mol. The maximum Gasteiger partial charge on any atom is 0.330 e. The maximum atomic E-state index is 12.0. The minimum atomic E-state index is -0.609. The minimum absolute atomic E-state index is 0.0390. The number of fused-ring (bicyclic) bond motifs is 1. The molecule has 2 heterocycles. The smallest absolute Gasteiger partial charge is 0.330 e. The molecule has 0 unspecified atom stereocenters. The van der Waals surface area contributed by atoms with Crippen molar-refractivity contribution in [3.05, 3.63) is 0 Å². The van der Waals surface area contributed by atoms with E-state index in [1.54, 1.807) is 16.7 Å². The Labute approximate surface area is 127 Å². The summed E-state index contributed by atoms with van der Waals surface area (Å²) in [5, 5.41) is 10.8. The van der Waals surface area contributed by atoms with Gasteiger partial charge in [-0.3, -0.25) is 9.59 Å². The number of esters is 1. The third-order valence-corrected chi connectivity index (χ3v) is 5.13. The molecular formula is C13H17N3O4S. The lowest BCUT2D eigenvalue weighted by Gasteiger charge is -2.29. The molecule has 0 aliphatic carbocycles. The Kier molecular flexibility index (Phi) is 4.73. The summed E-state index contributed by atoms with van der Waals surface area (Å²) in [6.07, 6.45) is 1.39. The van der Waals surface area contributed by atoms with E-state index < -0.39 is 17.9 Å². The number of amides is 2. The molecule has 2 rings (SSSR count). The van der Waals surface area contributed by atoms with Gasteiger partial charge in [0.25, 0.3) is 5.91 Å². The second kappa shape index (κ2) is 6.35. The van der Waals surface area contributed by atoms with Crippen LogP contribution in [0.1, 0.15) is 26.2 Å². The fraction of sp³-hybridized carbons (Fsp3) is 0.692. The lowest BCUT2D eigenvalue weighted by molar-refractivity contribution is -0.156. The highest BCUT2D eigenvalue weighted by Crippen LogP contribution is 2.47. The summed E-state index contributed by atoms with van der Waals surface area (Å²) in [6, 6.07) is 1.29. The van der Waals surface area contributed by atoms with Crippen molar-refractivity contribution in [3.63, 3.8) is 0 Å². The highest BCUT2D eigenvalue weighted by Gasteiger charge is 2.53. The molecule has 114 valence electrons. The SMILES string of the molecule is C[C@@]12CCC(=O)N1[C@@H](C(=O)OCC(=O)NCCC#N)CS2. The number of hydrogen-bond acceptors (Lipinski definition) is 6. The van der Waals surface area contributed by atoms with Gasteiger partial charge in [0.1, 0.15) is 6.04 Å². The van der Waals surface area contributed by atoms with Gasteiger partial charge in [0, 0.05) is 18.7 Å². The molecule has 2 saturated heterocycles. The lowest BCUT2D eigenvalue weighted by atomic mass is 10.2. The summed E-state index contributed by atoms with van der Waals surface area (Å²) in [7, 11) is 0. The van der Waals surface area contributed by atoms with E-state index in [2.05, 4.69) is 5.32 Å². The second-order valence-electron chi connectivity index (χ2n) is 5.13. The maximum absolute atomic E-state index is 12.0. The molecule has 0 spiro atoms. The van der Waals surface area contributed by atoms with Gasteiger partial charge in [-0.2, -0.15) is 5.26 Å². The third-order valence-electron chi connectivity index (χ3n) is 3.62. The van der Waals surface area contributed by atoms with Gasteiger partial charge in [0.05, 0.1) is 17.4 Å². The van der Waals surface area contributed by atoms with Crippen LogP contribution in [-0.4, -0.2) is 52.5 Å². The van der Waals surface area contributed by atoms with E-state index in [0.29, 0.717) is 12.2 Å².